The number of carbonyl (C=O) groups excluding carboxylic acids is 2. The van der Waals surface area contributed by atoms with E-state index < -0.39 is 0 Å². The summed E-state index contributed by atoms with van der Waals surface area (Å²) in [6.45, 7) is 7.04. The van der Waals surface area contributed by atoms with Crippen molar-refractivity contribution in [1.82, 2.24) is 0 Å². The predicted octanol–water partition coefficient (Wildman–Crippen LogP) is 4.64. The molecule has 0 aromatic rings. The summed E-state index contributed by atoms with van der Waals surface area (Å²) in [5, 5.41) is 0. The number of allylic oxidation sites excluding steroid dienone is 4. The Balaban J connectivity index is 1.81. The first kappa shape index (κ1) is 15.4. The molecule has 2 heteroatoms. The maximum absolute atomic E-state index is 11.9. The van der Waals surface area contributed by atoms with Gasteiger partial charge in [-0.25, -0.2) is 0 Å². The summed E-state index contributed by atoms with van der Waals surface area (Å²) < 4.78 is 0. The highest BCUT2D eigenvalue weighted by molar-refractivity contribution is 5.91. The highest BCUT2D eigenvalue weighted by Crippen LogP contribution is 2.65. The van der Waals surface area contributed by atoms with Crippen molar-refractivity contribution in [2.45, 2.75) is 65.7 Å². The van der Waals surface area contributed by atoms with Crippen LogP contribution in [-0.2, 0) is 9.59 Å². The van der Waals surface area contributed by atoms with Gasteiger partial charge in [0.1, 0.15) is 6.29 Å². The predicted molar refractivity (Wildman–Crippen MR) is 90.9 cm³/mol. The molecule has 0 N–H and O–H groups in total. The standard InChI is InChI=1S/C21H28O2/c1-13-10-15-11-16(23)6-8-21(15,3)18-7-9-20(2)14(12-22)4-5-17(20)19(13)18/h11-12,14,17-18H,4-10H2,1-3H3. The molecule has 0 aromatic heterocycles. The number of ketones is 1. The van der Waals surface area contributed by atoms with Crippen molar-refractivity contribution in [3.8, 4) is 0 Å². The second-order valence-corrected chi connectivity index (χ2v) is 8.94. The van der Waals surface area contributed by atoms with Crippen molar-refractivity contribution < 1.29 is 9.59 Å². The topological polar surface area (TPSA) is 34.1 Å². The van der Waals surface area contributed by atoms with E-state index in [-0.39, 0.29) is 16.7 Å². The van der Waals surface area contributed by atoms with Gasteiger partial charge in [-0.05, 0) is 74.2 Å². The lowest BCUT2D eigenvalue weighted by molar-refractivity contribution is -0.117. The third-order valence-corrected chi connectivity index (χ3v) is 7.97. The lowest BCUT2D eigenvalue weighted by Crippen LogP contribution is -2.46. The highest BCUT2D eigenvalue weighted by Gasteiger charge is 2.57. The van der Waals surface area contributed by atoms with Crippen LogP contribution in [0.3, 0.4) is 0 Å². The summed E-state index contributed by atoms with van der Waals surface area (Å²) in [5.74, 6) is 1.74. The summed E-state index contributed by atoms with van der Waals surface area (Å²) in [6, 6.07) is 0. The first-order valence-corrected chi connectivity index (χ1v) is 9.29. The summed E-state index contributed by atoms with van der Waals surface area (Å²) in [4.78, 5) is 23.5. The van der Waals surface area contributed by atoms with E-state index in [9.17, 15) is 9.59 Å². The van der Waals surface area contributed by atoms with Crippen LogP contribution in [-0.4, -0.2) is 12.1 Å². The Morgan fingerprint density at radius 2 is 1.91 bits per heavy atom. The molecule has 23 heavy (non-hydrogen) atoms. The largest absolute Gasteiger partial charge is 0.303 e. The Kier molecular flexibility index (Phi) is 3.28. The SMILES string of the molecule is CC1=C2C(CCC3(C)C(C=O)CCC23)C2(C)CCC(=O)C=C2C1. The zero-order chi connectivity index (χ0) is 16.4. The average Bonchev–Trinajstić information content (AvgIpc) is 2.85. The van der Waals surface area contributed by atoms with Gasteiger partial charge >= 0.3 is 0 Å². The molecular formula is C21H28O2. The second kappa shape index (κ2) is 4.91. The number of hydrogen-bond donors (Lipinski definition) is 0. The fraction of sp³-hybridized carbons (Fsp3) is 0.714. The second-order valence-electron chi connectivity index (χ2n) is 8.94. The van der Waals surface area contributed by atoms with Gasteiger partial charge in [-0.1, -0.05) is 30.6 Å². The van der Waals surface area contributed by atoms with Crippen LogP contribution in [0, 0.1) is 28.6 Å². The van der Waals surface area contributed by atoms with Crippen molar-refractivity contribution in [1.29, 1.82) is 0 Å². The molecule has 5 unspecified atom stereocenters. The zero-order valence-corrected chi connectivity index (χ0v) is 14.7. The minimum absolute atomic E-state index is 0.177. The van der Waals surface area contributed by atoms with E-state index in [2.05, 4.69) is 20.8 Å². The van der Waals surface area contributed by atoms with E-state index in [1.165, 1.54) is 36.7 Å². The lowest BCUT2D eigenvalue weighted by atomic mass is 9.49. The molecular weight excluding hydrogens is 284 g/mol. The number of rotatable bonds is 1. The normalized spacial score (nSPS) is 46.0. The fourth-order valence-corrected chi connectivity index (χ4v) is 6.48. The Labute approximate surface area is 139 Å². The smallest absolute Gasteiger partial charge is 0.155 e. The van der Waals surface area contributed by atoms with Gasteiger partial charge in [0.2, 0.25) is 0 Å². The van der Waals surface area contributed by atoms with Crippen LogP contribution in [0.4, 0.5) is 0 Å². The van der Waals surface area contributed by atoms with Crippen molar-refractivity contribution >= 4 is 12.1 Å². The molecule has 5 atom stereocenters. The van der Waals surface area contributed by atoms with Gasteiger partial charge in [-0.3, -0.25) is 4.79 Å². The third kappa shape index (κ3) is 1.93. The number of fused-ring (bicyclic) bond motifs is 5. The monoisotopic (exact) mass is 312 g/mol. The molecule has 0 saturated heterocycles. The first-order valence-electron chi connectivity index (χ1n) is 9.29. The van der Waals surface area contributed by atoms with Gasteiger partial charge in [0.25, 0.3) is 0 Å². The van der Waals surface area contributed by atoms with E-state index in [1.807, 2.05) is 6.08 Å². The van der Waals surface area contributed by atoms with Crippen molar-refractivity contribution in [2.75, 3.05) is 0 Å². The molecule has 2 fully saturated rings. The van der Waals surface area contributed by atoms with E-state index >= 15 is 0 Å². The van der Waals surface area contributed by atoms with Gasteiger partial charge in [-0.15, -0.1) is 0 Å². The summed E-state index contributed by atoms with van der Waals surface area (Å²) in [7, 11) is 0. The van der Waals surface area contributed by atoms with Crippen molar-refractivity contribution in [2.24, 2.45) is 28.6 Å². The minimum Gasteiger partial charge on any atom is -0.303 e. The van der Waals surface area contributed by atoms with Crippen LogP contribution in [0.2, 0.25) is 0 Å². The van der Waals surface area contributed by atoms with Gasteiger partial charge < -0.3 is 4.79 Å². The number of carbonyl (C=O) groups is 2. The van der Waals surface area contributed by atoms with Crippen LogP contribution in [0.15, 0.2) is 22.8 Å². The van der Waals surface area contributed by atoms with Crippen molar-refractivity contribution in [3.63, 3.8) is 0 Å². The third-order valence-electron chi connectivity index (χ3n) is 7.97. The van der Waals surface area contributed by atoms with Gasteiger partial charge in [0, 0.05) is 12.3 Å². The van der Waals surface area contributed by atoms with Gasteiger partial charge in [0.05, 0.1) is 0 Å². The summed E-state index contributed by atoms with van der Waals surface area (Å²) in [5.41, 5.74) is 4.92. The first-order chi connectivity index (χ1) is 10.9. The minimum atomic E-state index is 0.177. The van der Waals surface area contributed by atoms with Crippen LogP contribution in [0.1, 0.15) is 65.7 Å². The number of aldehydes is 1. The van der Waals surface area contributed by atoms with Crippen molar-refractivity contribution in [3.05, 3.63) is 22.8 Å². The Morgan fingerprint density at radius 1 is 1.13 bits per heavy atom. The van der Waals surface area contributed by atoms with Crippen LogP contribution in [0.25, 0.3) is 0 Å². The lowest BCUT2D eigenvalue weighted by Gasteiger charge is -2.55. The van der Waals surface area contributed by atoms with Crippen LogP contribution >= 0.6 is 0 Å². The van der Waals surface area contributed by atoms with Gasteiger partial charge in [-0.2, -0.15) is 0 Å². The molecule has 0 aliphatic heterocycles. The molecule has 0 bridgehead atoms. The zero-order valence-electron chi connectivity index (χ0n) is 14.7. The fourth-order valence-electron chi connectivity index (χ4n) is 6.48. The molecule has 4 rings (SSSR count). The maximum atomic E-state index is 11.9. The molecule has 0 spiro atoms. The molecule has 4 aliphatic carbocycles. The Bertz CT molecular complexity index is 640. The molecule has 2 saturated carbocycles. The van der Waals surface area contributed by atoms with E-state index in [4.69, 9.17) is 0 Å². The van der Waals surface area contributed by atoms with E-state index in [0.717, 1.165) is 19.3 Å². The highest BCUT2D eigenvalue weighted by atomic mass is 16.1. The molecule has 0 radical (unpaired) electrons. The molecule has 2 nitrogen and oxygen atoms in total. The molecule has 0 aromatic carbocycles. The average molecular weight is 312 g/mol. The van der Waals surface area contributed by atoms with E-state index in [0.29, 0.717) is 24.0 Å². The molecule has 4 aliphatic rings. The Hall–Kier alpha value is -1.18. The van der Waals surface area contributed by atoms with Crippen LogP contribution in [0.5, 0.6) is 0 Å². The molecule has 0 amide bonds. The maximum Gasteiger partial charge on any atom is 0.155 e. The summed E-state index contributed by atoms with van der Waals surface area (Å²) >= 11 is 0. The molecule has 0 heterocycles. The van der Waals surface area contributed by atoms with Gasteiger partial charge in [0.15, 0.2) is 5.78 Å². The molecule has 124 valence electrons. The number of hydrogen-bond acceptors (Lipinski definition) is 2. The quantitative estimate of drug-likeness (QED) is 0.522. The van der Waals surface area contributed by atoms with Crippen LogP contribution < -0.4 is 0 Å². The Morgan fingerprint density at radius 3 is 2.65 bits per heavy atom. The summed E-state index contributed by atoms with van der Waals surface area (Å²) in [6.07, 6.45) is 10.5. The van der Waals surface area contributed by atoms with E-state index in [1.54, 1.807) is 5.57 Å².